The van der Waals surface area contributed by atoms with Gasteiger partial charge in [0.1, 0.15) is 0 Å². The molecule has 19 heavy (non-hydrogen) atoms. The van der Waals surface area contributed by atoms with E-state index < -0.39 is 0 Å². The Morgan fingerprint density at radius 3 is 2.58 bits per heavy atom. The van der Waals surface area contributed by atoms with E-state index >= 15 is 0 Å². The van der Waals surface area contributed by atoms with Crippen molar-refractivity contribution in [2.75, 3.05) is 13.1 Å². The molecule has 2 unspecified atom stereocenters. The summed E-state index contributed by atoms with van der Waals surface area (Å²) in [5.74, 6) is -0.582. The van der Waals surface area contributed by atoms with Gasteiger partial charge in [0, 0.05) is 12.2 Å². The Bertz CT molecular complexity index is 447. The molecule has 1 aliphatic heterocycles. The van der Waals surface area contributed by atoms with E-state index in [9.17, 15) is 9.59 Å². The third-order valence-electron chi connectivity index (χ3n) is 3.23. The number of nitrogens with zero attached hydrogens (tertiary/aromatic N) is 2. The van der Waals surface area contributed by atoms with Crippen LogP contribution in [0.3, 0.4) is 0 Å². The molecular weight excluding hydrogens is 244 g/mol. The molecule has 6 heteroatoms. The zero-order chi connectivity index (χ0) is 13.8. The van der Waals surface area contributed by atoms with E-state index in [2.05, 4.69) is 10.3 Å². The van der Waals surface area contributed by atoms with Crippen LogP contribution in [-0.2, 0) is 9.59 Å². The Morgan fingerprint density at radius 2 is 2.05 bits per heavy atom. The number of amides is 2. The van der Waals surface area contributed by atoms with Crippen molar-refractivity contribution in [3.63, 3.8) is 0 Å². The molecule has 2 atom stereocenters. The first kappa shape index (κ1) is 13.6. The number of rotatable bonds is 4. The van der Waals surface area contributed by atoms with Crippen molar-refractivity contribution in [1.29, 1.82) is 0 Å². The van der Waals surface area contributed by atoms with Gasteiger partial charge < -0.3 is 5.73 Å². The Hall–Kier alpha value is -1.79. The third-order valence-corrected chi connectivity index (χ3v) is 3.23. The molecule has 2 heterocycles. The number of aromatic nitrogens is 1. The molecule has 1 fully saturated rings. The molecule has 6 nitrogen and oxygen atoms in total. The molecule has 3 N–H and O–H groups in total. The van der Waals surface area contributed by atoms with Crippen LogP contribution in [0.25, 0.3) is 0 Å². The maximum Gasteiger partial charge on any atom is 0.240 e. The highest BCUT2D eigenvalue weighted by molar-refractivity contribution is 5.99. The highest BCUT2D eigenvalue weighted by Crippen LogP contribution is 2.23. The quantitative estimate of drug-likeness (QED) is 0.735. The average molecular weight is 262 g/mol. The minimum absolute atomic E-state index is 0.167. The van der Waals surface area contributed by atoms with E-state index in [0.717, 1.165) is 12.1 Å². The standard InChI is InChI=1S/C13H18N4O2/c1-2-9(14)13(10-5-3-4-6-15-10)17-7-11(18)16-12(19)8-17/h3-6,9,13H,2,7-8,14H2,1H3,(H,16,18,19). The number of pyridine rings is 1. The van der Waals surface area contributed by atoms with Gasteiger partial charge in [-0.15, -0.1) is 0 Å². The van der Waals surface area contributed by atoms with E-state index in [-0.39, 0.29) is 37.0 Å². The topological polar surface area (TPSA) is 88.3 Å². The van der Waals surface area contributed by atoms with E-state index in [0.29, 0.717) is 0 Å². The molecule has 0 saturated carbocycles. The number of hydrogen-bond donors (Lipinski definition) is 2. The van der Waals surface area contributed by atoms with Crippen LogP contribution in [0.5, 0.6) is 0 Å². The van der Waals surface area contributed by atoms with Gasteiger partial charge in [-0.3, -0.25) is 24.8 Å². The maximum absolute atomic E-state index is 11.5. The van der Waals surface area contributed by atoms with Crippen molar-refractivity contribution in [2.45, 2.75) is 25.4 Å². The largest absolute Gasteiger partial charge is 0.326 e. The summed E-state index contributed by atoms with van der Waals surface area (Å²) >= 11 is 0. The molecule has 0 bridgehead atoms. The fourth-order valence-electron chi connectivity index (χ4n) is 2.31. The molecular formula is C13H18N4O2. The zero-order valence-electron chi connectivity index (χ0n) is 10.9. The van der Waals surface area contributed by atoms with Gasteiger partial charge in [-0.1, -0.05) is 13.0 Å². The van der Waals surface area contributed by atoms with E-state index in [1.165, 1.54) is 0 Å². The summed E-state index contributed by atoms with van der Waals surface area (Å²) in [6, 6.07) is 5.18. The Labute approximate surface area is 112 Å². The second-order valence-corrected chi connectivity index (χ2v) is 4.65. The van der Waals surface area contributed by atoms with Crippen molar-refractivity contribution < 1.29 is 9.59 Å². The van der Waals surface area contributed by atoms with Crippen LogP contribution in [-0.4, -0.2) is 40.8 Å². The molecule has 2 amide bonds. The van der Waals surface area contributed by atoms with Crippen LogP contribution >= 0.6 is 0 Å². The van der Waals surface area contributed by atoms with Crippen LogP contribution in [0, 0.1) is 0 Å². The van der Waals surface area contributed by atoms with Crippen molar-refractivity contribution in [3.05, 3.63) is 30.1 Å². The first-order valence-electron chi connectivity index (χ1n) is 6.35. The molecule has 0 aliphatic carbocycles. The van der Waals surface area contributed by atoms with Crippen molar-refractivity contribution in [1.82, 2.24) is 15.2 Å². The van der Waals surface area contributed by atoms with Gasteiger partial charge in [-0.05, 0) is 18.6 Å². The summed E-state index contributed by atoms with van der Waals surface area (Å²) in [6.45, 7) is 2.31. The first-order valence-corrected chi connectivity index (χ1v) is 6.35. The number of piperazine rings is 1. The van der Waals surface area contributed by atoms with Crippen molar-refractivity contribution >= 4 is 11.8 Å². The summed E-state index contributed by atoms with van der Waals surface area (Å²) in [6.07, 6.45) is 2.43. The number of hydrogen-bond acceptors (Lipinski definition) is 5. The monoisotopic (exact) mass is 262 g/mol. The fourth-order valence-corrected chi connectivity index (χ4v) is 2.31. The summed E-state index contributed by atoms with van der Waals surface area (Å²) < 4.78 is 0. The Morgan fingerprint density at radius 1 is 1.37 bits per heavy atom. The van der Waals surface area contributed by atoms with Gasteiger partial charge in [0.2, 0.25) is 11.8 Å². The van der Waals surface area contributed by atoms with Crippen LogP contribution in [0.4, 0.5) is 0 Å². The molecule has 1 aliphatic rings. The predicted octanol–water partition coefficient (Wildman–Crippen LogP) is -0.182. The number of nitrogens with one attached hydrogen (secondary N) is 1. The van der Waals surface area contributed by atoms with Crippen molar-refractivity contribution in [3.8, 4) is 0 Å². The normalized spacial score (nSPS) is 19.9. The van der Waals surface area contributed by atoms with Crippen molar-refractivity contribution in [2.24, 2.45) is 5.73 Å². The lowest BCUT2D eigenvalue weighted by molar-refractivity contribution is -0.137. The highest BCUT2D eigenvalue weighted by Gasteiger charge is 2.33. The van der Waals surface area contributed by atoms with Crippen LogP contribution in [0.1, 0.15) is 25.1 Å². The number of carbonyl (C=O) groups is 2. The van der Waals surface area contributed by atoms with Gasteiger partial charge in [0.05, 0.1) is 24.8 Å². The summed E-state index contributed by atoms with van der Waals surface area (Å²) in [4.78, 5) is 29.1. The van der Waals surface area contributed by atoms with Gasteiger partial charge in [-0.25, -0.2) is 0 Å². The molecule has 1 saturated heterocycles. The van der Waals surface area contributed by atoms with E-state index in [1.54, 1.807) is 11.1 Å². The first-order chi connectivity index (χ1) is 9.11. The smallest absolute Gasteiger partial charge is 0.240 e. The minimum Gasteiger partial charge on any atom is -0.326 e. The van der Waals surface area contributed by atoms with Crippen LogP contribution in [0.2, 0.25) is 0 Å². The van der Waals surface area contributed by atoms with E-state index in [4.69, 9.17) is 5.73 Å². The lowest BCUT2D eigenvalue weighted by Gasteiger charge is -2.35. The Balaban J connectivity index is 2.27. The Kier molecular flexibility index (Phi) is 4.24. The zero-order valence-corrected chi connectivity index (χ0v) is 10.9. The molecule has 1 aromatic rings. The predicted molar refractivity (Wildman–Crippen MR) is 70.0 cm³/mol. The maximum atomic E-state index is 11.5. The molecule has 0 radical (unpaired) electrons. The minimum atomic E-state index is -0.291. The molecule has 102 valence electrons. The second-order valence-electron chi connectivity index (χ2n) is 4.65. The summed E-state index contributed by atoms with van der Waals surface area (Å²) in [7, 11) is 0. The molecule has 2 rings (SSSR count). The fraction of sp³-hybridized carbons (Fsp3) is 0.462. The van der Waals surface area contributed by atoms with Gasteiger partial charge in [0.15, 0.2) is 0 Å². The number of carbonyl (C=O) groups excluding carboxylic acids is 2. The SMILES string of the molecule is CCC(N)C(c1ccccn1)N1CC(=O)NC(=O)C1. The number of imide groups is 1. The van der Waals surface area contributed by atoms with Gasteiger partial charge in [-0.2, -0.15) is 0 Å². The van der Waals surface area contributed by atoms with Crippen LogP contribution < -0.4 is 11.1 Å². The number of nitrogens with two attached hydrogens (primary N) is 1. The van der Waals surface area contributed by atoms with E-state index in [1.807, 2.05) is 25.1 Å². The lowest BCUT2D eigenvalue weighted by Crippen LogP contribution is -2.55. The van der Waals surface area contributed by atoms with Gasteiger partial charge in [0.25, 0.3) is 0 Å². The molecule has 0 spiro atoms. The molecule has 0 aromatic carbocycles. The van der Waals surface area contributed by atoms with Gasteiger partial charge >= 0.3 is 0 Å². The second kappa shape index (κ2) is 5.90. The lowest BCUT2D eigenvalue weighted by atomic mass is 10.00. The van der Waals surface area contributed by atoms with Crippen LogP contribution in [0.15, 0.2) is 24.4 Å². The average Bonchev–Trinajstić information content (AvgIpc) is 2.39. The summed E-state index contributed by atoms with van der Waals surface area (Å²) in [5, 5.41) is 2.29. The molecule has 1 aromatic heterocycles. The summed E-state index contributed by atoms with van der Waals surface area (Å²) in [5.41, 5.74) is 6.94. The highest BCUT2D eigenvalue weighted by atomic mass is 16.2. The third kappa shape index (κ3) is 3.15.